The molecule has 0 saturated carbocycles. The third kappa shape index (κ3) is 3.62. The molecule has 0 aliphatic heterocycles. The van der Waals surface area contributed by atoms with Crippen LogP contribution < -0.4 is 5.32 Å². The average Bonchev–Trinajstić information content (AvgIpc) is 3.15. The number of rotatable bonds is 3. The number of carbonyl (C=O) groups is 1. The first-order chi connectivity index (χ1) is 11.7. The highest BCUT2D eigenvalue weighted by Crippen LogP contribution is 2.08. The number of benzene rings is 2. The van der Waals surface area contributed by atoms with E-state index in [1.807, 2.05) is 0 Å². The first-order valence-corrected chi connectivity index (χ1v) is 7.09. The van der Waals surface area contributed by atoms with Crippen LogP contribution in [-0.2, 0) is 0 Å². The van der Waals surface area contributed by atoms with Crippen molar-refractivity contribution in [3.8, 4) is 17.5 Å². The summed E-state index contributed by atoms with van der Waals surface area (Å²) in [6.45, 7) is 0.113. The largest absolute Gasteiger partial charge is 0.341 e. The molecule has 0 unspecified atom stereocenters. The molecule has 0 radical (unpaired) electrons. The molecule has 3 aromatic rings. The Balaban J connectivity index is 1.64. The van der Waals surface area contributed by atoms with Gasteiger partial charge in [0.15, 0.2) is 0 Å². The van der Waals surface area contributed by atoms with Crippen LogP contribution in [0.25, 0.3) is 5.69 Å². The molecular formula is C17H12FN5O. The number of aromatic nitrogens is 4. The van der Waals surface area contributed by atoms with E-state index in [4.69, 9.17) is 0 Å². The zero-order valence-electron chi connectivity index (χ0n) is 12.5. The zero-order chi connectivity index (χ0) is 16.8. The number of amides is 1. The van der Waals surface area contributed by atoms with Crippen molar-refractivity contribution in [1.82, 2.24) is 25.5 Å². The summed E-state index contributed by atoms with van der Waals surface area (Å²) in [5.41, 5.74) is 1.42. The van der Waals surface area contributed by atoms with E-state index in [-0.39, 0.29) is 18.3 Å². The summed E-state index contributed by atoms with van der Waals surface area (Å²) in [7, 11) is 0. The minimum absolute atomic E-state index is 0.113. The van der Waals surface area contributed by atoms with Gasteiger partial charge in [0.25, 0.3) is 5.91 Å². The Hall–Kier alpha value is -3.53. The molecule has 6 nitrogen and oxygen atoms in total. The Bertz CT molecular complexity index is 912. The van der Waals surface area contributed by atoms with Gasteiger partial charge in [-0.2, -0.15) is 0 Å². The van der Waals surface area contributed by atoms with Crippen molar-refractivity contribution in [3.63, 3.8) is 0 Å². The van der Waals surface area contributed by atoms with Crippen LogP contribution in [-0.4, -0.2) is 32.7 Å². The van der Waals surface area contributed by atoms with Gasteiger partial charge in [-0.25, -0.2) is 9.07 Å². The maximum atomic E-state index is 13.4. The van der Waals surface area contributed by atoms with Gasteiger partial charge in [-0.05, 0) is 40.8 Å². The molecule has 0 saturated heterocycles. The molecule has 2 aromatic carbocycles. The summed E-state index contributed by atoms with van der Waals surface area (Å²) in [5.74, 6) is 4.74. The number of tetrazole rings is 1. The van der Waals surface area contributed by atoms with E-state index in [2.05, 4.69) is 32.7 Å². The van der Waals surface area contributed by atoms with E-state index in [0.717, 1.165) is 0 Å². The van der Waals surface area contributed by atoms with Gasteiger partial charge in [0.2, 0.25) is 0 Å². The maximum absolute atomic E-state index is 13.4. The van der Waals surface area contributed by atoms with E-state index in [0.29, 0.717) is 16.8 Å². The number of nitrogens with zero attached hydrogens (tertiary/aromatic N) is 4. The smallest absolute Gasteiger partial charge is 0.252 e. The van der Waals surface area contributed by atoms with Crippen LogP contribution in [0.5, 0.6) is 0 Å². The molecule has 3 rings (SSSR count). The van der Waals surface area contributed by atoms with E-state index in [9.17, 15) is 9.18 Å². The molecule has 0 fully saturated rings. The lowest BCUT2D eigenvalue weighted by Gasteiger charge is -2.04. The summed E-state index contributed by atoms with van der Waals surface area (Å²) in [4.78, 5) is 12.1. The average molecular weight is 321 g/mol. The second kappa shape index (κ2) is 7.15. The molecular weight excluding hydrogens is 309 g/mol. The van der Waals surface area contributed by atoms with Crippen LogP contribution in [0, 0.1) is 17.7 Å². The Kier molecular flexibility index (Phi) is 4.58. The Labute approximate surface area is 137 Å². The van der Waals surface area contributed by atoms with Crippen LogP contribution in [0.3, 0.4) is 0 Å². The van der Waals surface area contributed by atoms with Gasteiger partial charge >= 0.3 is 0 Å². The lowest BCUT2D eigenvalue weighted by Crippen LogP contribution is -2.23. The summed E-state index contributed by atoms with van der Waals surface area (Å²) in [6.07, 6.45) is 1.44. The van der Waals surface area contributed by atoms with E-state index >= 15 is 0 Å². The molecule has 0 bridgehead atoms. The van der Waals surface area contributed by atoms with E-state index in [1.54, 1.807) is 42.5 Å². The third-order valence-electron chi connectivity index (χ3n) is 3.16. The fourth-order valence-electron chi connectivity index (χ4n) is 2.00. The van der Waals surface area contributed by atoms with Crippen molar-refractivity contribution in [1.29, 1.82) is 0 Å². The quantitative estimate of drug-likeness (QED) is 0.744. The number of nitrogens with one attached hydrogen (secondary N) is 1. The first-order valence-electron chi connectivity index (χ1n) is 7.09. The number of carbonyl (C=O) groups excluding carboxylic acids is 1. The van der Waals surface area contributed by atoms with Gasteiger partial charge < -0.3 is 5.32 Å². The fourth-order valence-corrected chi connectivity index (χ4v) is 2.00. The maximum Gasteiger partial charge on any atom is 0.252 e. The normalized spacial score (nSPS) is 9.88. The molecule has 0 spiro atoms. The predicted octanol–water partition coefficient (Wildman–Crippen LogP) is 1.58. The summed E-state index contributed by atoms with van der Waals surface area (Å²) in [5, 5.41) is 13.5. The van der Waals surface area contributed by atoms with Crippen LogP contribution in [0.4, 0.5) is 4.39 Å². The van der Waals surface area contributed by atoms with Gasteiger partial charge in [-0.1, -0.05) is 30.0 Å². The van der Waals surface area contributed by atoms with Crippen molar-refractivity contribution in [2.24, 2.45) is 0 Å². The molecule has 1 aromatic heterocycles. The first kappa shape index (κ1) is 15.4. The van der Waals surface area contributed by atoms with Crippen LogP contribution in [0.15, 0.2) is 54.9 Å². The number of hydrogen-bond acceptors (Lipinski definition) is 4. The van der Waals surface area contributed by atoms with Crippen LogP contribution >= 0.6 is 0 Å². The summed E-state index contributed by atoms with van der Waals surface area (Å²) < 4.78 is 14.9. The van der Waals surface area contributed by atoms with Crippen molar-refractivity contribution >= 4 is 5.91 Å². The molecule has 7 heteroatoms. The summed E-state index contributed by atoms with van der Waals surface area (Å²) >= 11 is 0. The minimum Gasteiger partial charge on any atom is -0.341 e. The zero-order valence-corrected chi connectivity index (χ0v) is 12.5. The highest BCUT2D eigenvalue weighted by molar-refractivity contribution is 5.94. The van der Waals surface area contributed by atoms with Crippen LogP contribution in [0.2, 0.25) is 0 Å². The monoisotopic (exact) mass is 321 g/mol. The minimum atomic E-state index is -0.384. The topological polar surface area (TPSA) is 72.7 Å². The summed E-state index contributed by atoms with van der Waals surface area (Å²) in [6, 6.07) is 13.1. The Morgan fingerprint density at radius 1 is 1.21 bits per heavy atom. The molecule has 118 valence electrons. The molecule has 1 N–H and O–H groups in total. The molecule has 0 atom stereocenters. The number of halogens is 1. The van der Waals surface area contributed by atoms with Gasteiger partial charge in [0.05, 0.1) is 17.8 Å². The molecule has 24 heavy (non-hydrogen) atoms. The predicted molar refractivity (Wildman–Crippen MR) is 84.8 cm³/mol. The highest BCUT2D eigenvalue weighted by atomic mass is 19.1. The lowest BCUT2D eigenvalue weighted by atomic mass is 10.2. The van der Waals surface area contributed by atoms with Crippen molar-refractivity contribution in [2.75, 3.05) is 6.54 Å². The molecule has 1 amide bonds. The number of hydrogen-bond donors (Lipinski definition) is 1. The third-order valence-corrected chi connectivity index (χ3v) is 3.16. The second-order valence-electron chi connectivity index (χ2n) is 4.77. The van der Waals surface area contributed by atoms with Gasteiger partial charge in [0, 0.05) is 5.56 Å². The second-order valence-corrected chi connectivity index (χ2v) is 4.77. The lowest BCUT2D eigenvalue weighted by molar-refractivity contribution is 0.0958. The molecule has 0 aliphatic rings. The van der Waals surface area contributed by atoms with Gasteiger partial charge in [-0.3, -0.25) is 4.79 Å². The Morgan fingerprint density at radius 3 is 2.88 bits per heavy atom. The standard InChI is InChI=1S/C17H12FN5O/c18-16-9-2-1-5-13(16)7-4-10-19-17(24)14-6-3-8-15(11-14)23-12-20-21-22-23/h1-3,5-6,8-9,11-12H,10H2,(H,19,24). The van der Waals surface area contributed by atoms with E-state index in [1.165, 1.54) is 17.1 Å². The van der Waals surface area contributed by atoms with Crippen molar-refractivity contribution < 1.29 is 9.18 Å². The van der Waals surface area contributed by atoms with Gasteiger partial charge in [0.1, 0.15) is 12.1 Å². The van der Waals surface area contributed by atoms with Gasteiger partial charge in [-0.15, -0.1) is 5.10 Å². The highest BCUT2D eigenvalue weighted by Gasteiger charge is 2.06. The Morgan fingerprint density at radius 2 is 2.08 bits per heavy atom. The molecule has 0 aliphatic carbocycles. The molecule has 1 heterocycles. The fraction of sp³-hybridized carbons (Fsp3) is 0.0588. The van der Waals surface area contributed by atoms with E-state index < -0.39 is 0 Å². The van der Waals surface area contributed by atoms with Crippen LogP contribution in [0.1, 0.15) is 15.9 Å². The van der Waals surface area contributed by atoms with Crippen molar-refractivity contribution in [2.45, 2.75) is 0 Å². The van der Waals surface area contributed by atoms with Crippen molar-refractivity contribution in [3.05, 3.63) is 71.8 Å². The SMILES string of the molecule is O=C(NCC#Cc1ccccc1F)c1cccc(-n2cnnn2)c1.